The number of benzene rings is 2. The fraction of sp³-hybridized carbons (Fsp3) is 0.316. The quantitative estimate of drug-likeness (QED) is 0.802. The first-order valence-corrected chi connectivity index (χ1v) is 7.94. The summed E-state index contributed by atoms with van der Waals surface area (Å²) >= 11 is 0. The second kappa shape index (κ2) is 8.91. The number of hydrogen-bond acceptors (Lipinski definition) is 3. The van der Waals surface area contributed by atoms with Gasteiger partial charge in [0.25, 0.3) is 0 Å². The van der Waals surface area contributed by atoms with Gasteiger partial charge in [-0.25, -0.2) is 4.39 Å². The van der Waals surface area contributed by atoms with Crippen molar-refractivity contribution < 1.29 is 18.7 Å². The first-order chi connectivity index (χ1) is 11.5. The molecule has 0 radical (unpaired) electrons. The molecule has 0 aliphatic rings. The van der Waals surface area contributed by atoms with Crippen molar-refractivity contribution in [3.05, 3.63) is 59.9 Å². The van der Waals surface area contributed by atoms with Gasteiger partial charge in [0.1, 0.15) is 5.75 Å². The SMILES string of the molecule is CC(C)Oc1ccc(CNC(=O)CCOc2ccccc2F)cc1. The Hall–Kier alpha value is -2.56. The van der Waals surface area contributed by atoms with Gasteiger partial charge in [-0.15, -0.1) is 0 Å². The minimum atomic E-state index is -0.429. The van der Waals surface area contributed by atoms with Crippen LogP contribution in [-0.2, 0) is 11.3 Å². The third kappa shape index (κ3) is 5.91. The normalized spacial score (nSPS) is 10.5. The van der Waals surface area contributed by atoms with E-state index in [2.05, 4.69) is 5.32 Å². The largest absolute Gasteiger partial charge is 0.491 e. The van der Waals surface area contributed by atoms with Crippen molar-refractivity contribution in [3.8, 4) is 11.5 Å². The van der Waals surface area contributed by atoms with E-state index >= 15 is 0 Å². The van der Waals surface area contributed by atoms with Crippen LogP contribution in [0.15, 0.2) is 48.5 Å². The summed E-state index contributed by atoms with van der Waals surface area (Å²) in [5, 5.41) is 2.81. The Morgan fingerprint density at radius 2 is 1.83 bits per heavy atom. The van der Waals surface area contributed by atoms with Crippen molar-refractivity contribution in [2.45, 2.75) is 32.9 Å². The Morgan fingerprint density at radius 1 is 1.12 bits per heavy atom. The highest BCUT2D eigenvalue weighted by Crippen LogP contribution is 2.15. The monoisotopic (exact) mass is 331 g/mol. The lowest BCUT2D eigenvalue weighted by atomic mass is 10.2. The molecule has 0 saturated heterocycles. The molecule has 2 aromatic rings. The summed E-state index contributed by atoms with van der Waals surface area (Å²) in [5.41, 5.74) is 0.981. The Kier molecular flexibility index (Phi) is 6.61. The highest BCUT2D eigenvalue weighted by atomic mass is 19.1. The van der Waals surface area contributed by atoms with Gasteiger partial charge < -0.3 is 14.8 Å². The molecular formula is C19H22FNO3. The summed E-state index contributed by atoms with van der Waals surface area (Å²) < 4.78 is 24.2. The number of rotatable bonds is 8. The lowest BCUT2D eigenvalue weighted by molar-refractivity contribution is -0.121. The predicted molar refractivity (Wildman–Crippen MR) is 90.6 cm³/mol. The van der Waals surface area contributed by atoms with Crippen LogP contribution in [0.2, 0.25) is 0 Å². The smallest absolute Gasteiger partial charge is 0.223 e. The first-order valence-electron chi connectivity index (χ1n) is 7.94. The van der Waals surface area contributed by atoms with Crippen molar-refractivity contribution in [1.82, 2.24) is 5.32 Å². The lowest BCUT2D eigenvalue weighted by Crippen LogP contribution is -2.24. The molecule has 4 nitrogen and oxygen atoms in total. The number of carbonyl (C=O) groups is 1. The summed E-state index contributed by atoms with van der Waals surface area (Å²) in [4.78, 5) is 11.8. The topological polar surface area (TPSA) is 47.6 Å². The molecule has 0 bridgehead atoms. The zero-order valence-electron chi connectivity index (χ0n) is 13.9. The minimum Gasteiger partial charge on any atom is -0.491 e. The van der Waals surface area contributed by atoms with Gasteiger partial charge >= 0.3 is 0 Å². The van der Waals surface area contributed by atoms with Crippen LogP contribution in [0, 0.1) is 5.82 Å². The van der Waals surface area contributed by atoms with E-state index in [-0.39, 0.29) is 30.8 Å². The summed E-state index contributed by atoms with van der Waals surface area (Å²) in [6, 6.07) is 13.7. The van der Waals surface area contributed by atoms with Crippen LogP contribution in [0.25, 0.3) is 0 Å². The minimum absolute atomic E-state index is 0.130. The molecule has 0 fully saturated rings. The summed E-state index contributed by atoms with van der Waals surface area (Å²) in [5.74, 6) is 0.389. The van der Waals surface area contributed by atoms with Gasteiger partial charge in [-0.1, -0.05) is 24.3 Å². The molecule has 0 aromatic heterocycles. The Balaban J connectivity index is 1.70. The second-order valence-electron chi connectivity index (χ2n) is 5.62. The van der Waals surface area contributed by atoms with E-state index in [0.29, 0.717) is 6.54 Å². The van der Waals surface area contributed by atoms with Crippen molar-refractivity contribution in [1.29, 1.82) is 0 Å². The molecule has 1 N–H and O–H groups in total. The number of nitrogens with one attached hydrogen (secondary N) is 1. The van der Waals surface area contributed by atoms with Gasteiger partial charge in [-0.05, 0) is 43.7 Å². The van der Waals surface area contributed by atoms with E-state index in [1.165, 1.54) is 12.1 Å². The van der Waals surface area contributed by atoms with Gasteiger partial charge in [0.15, 0.2) is 11.6 Å². The van der Waals surface area contributed by atoms with E-state index in [0.717, 1.165) is 11.3 Å². The molecule has 1 amide bonds. The van der Waals surface area contributed by atoms with Gasteiger partial charge in [-0.2, -0.15) is 0 Å². The number of carbonyl (C=O) groups excluding carboxylic acids is 1. The molecule has 24 heavy (non-hydrogen) atoms. The van der Waals surface area contributed by atoms with Crippen LogP contribution in [0.4, 0.5) is 4.39 Å². The maximum atomic E-state index is 13.4. The zero-order valence-corrected chi connectivity index (χ0v) is 13.9. The average molecular weight is 331 g/mol. The maximum Gasteiger partial charge on any atom is 0.223 e. The van der Waals surface area contributed by atoms with Crippen LogP contribution in [0.5, 0.6) is 11.5 Å². The van der Waals surface area contributed by atoms with Gasteiger partial charge in [0, 0.05) is 6.54 Å². The van der Waals surface area contributed by atoms with Crippen LogP contribution < -0.4 is 14.8 Å². The van der Waals surface area contributed by atoms with Crippen molar-refractivity contribution >= 4 is 5.91 Å². The molecule has 0 heterocycles. The molecular weight excluding hydrogens is 309 g/mol. The van der Waals surface area contributed by atoms with Crippen molar-refractivity contribution in [2.75, 3.05) is 6.61 Å². The fourth-order valence-corrected chi connectivity index (χ4v) is 2.06. The molecule has 0 saturated carbocycles. The standard InChI is InChI=1S/C19H22FNO3/c1-14(2)24-16-9-7-15(8-10-16)13-21-19(22)11-12-23-18-6-4-3-5-17(18)20/h3-10,14H,11-13H2,1-2H3,(H,21,22). The Bertz CT molecular complexity index is 656. The van der Waals surface area contributed by atoms with Gasteiger partial charge in [-0.3, -0.25) is 4.79 Å². The number of hydrogen-bond donors (Lipinski definition) is 1. The fourth-order valence-electron chi connectivity index (χ4n) is 2.06. The number of ether oxygens (including phenoxy) is 2. The summed E-state index contributed by atoms with van der Waals surface area (Å²) in [7, 11) is 0. The molecule has 0 aliphatic carbocycles. The summed E-state index contributed by atoms with van der Waals surface area (Å²) in [6.45, 7) is 4.50. The average Bonchev–Trinajstić information content (AvgIpc) is 2.55. The van der Waals surface area contributed by atoms with Crippen LogP contribution in [0.3, 0.4) is 0 Å². The maximum absolute atomic E-state index is 13.4. The molecule has 2 aromatic carbocycles. The van der Waals surface area contributed by atoms with E-state index in [4.69, 9.17) is 9.47 Å². The Labute approximate surface area is 141 Å². The van der Waals surface area contributed by atoms with Crippen LogP contribution in [0.1, 0.15) is 25.8 Å². The summed E-state index contributed by atoms with van der Waals surface area (Å²) in [6.07, 6.45) is 0.299. The third-order valence-corrected chi connectivity index (χ3v) is 3.21. The molecule has 0 spiro atoms. The lowest BCUT2D eigenvalue weighted by Gasteiger charge is -2.11. The molecule has 128 valence electrons. The third-order valence-electron chi connectivity index (χ3n) is 3.21. The van der Waals surface area contributed by atoms with Gasteiger partial charge in [0.2, 0.25) is 5.91 Å². The Morgan fingerprint density at radius 3 is 2.50 bits per heavy atom. The molecule has 5 heteroatoms. The molecule has 0 atom stereocenters. The first kappa shape index (κ1) is 17.8. The number of halogens is 1. The highest BCUT2D eigenvalue weighted by molar-refractivity contribution is 5.76. The second-order valence-corrected chi connectivity index (χ2v) is 5.62. The number of amides is 1. The van der Waals surface area contributed by atoms with Crippen molar-refractivity contribution in [2.24, 2.45) is 0 Å². The zero-order chi connectivity index (χ0) is 17.4. The predicted octanol–water partition coefficient (Wildman–Crippen LogP) is 3.70. The van der Waals surface area contributed by atoms with Crippen molar-refractivity contribution in [3.63, 3.8) is 0 Å². The van der Waals surface area contributed by atoms with Crippen LogP contribution in [-0.4, -0.2) is 18.6 Å². The van der Waals surface area contributed by atoms with Crippen LogP contribution >= 0.6 is 0 Å². The van der Waals surface area contributed by atoms with E-state index in [1.807, 2.05) is 38.1 Å². The number of para-hydroxylation sites is 1. The highest BCUT2D eigenvalue weighted by Gasteiger charge is 2.05. The molecule has 2 rings (SSSR count). The van der Waals surface area contributed by atoms with E-state index in [1.54, 1.807) is 12.1 Å². The van der Waals surface area contributed by atoms with E-state index in [9.17, 15) is 9.18 Å². The van der Waals surface area contributed by atoms with E-state index < -0.39 is 5.82 Å². The molecule has 0 unspecified atom stereocenters. The van der Waals surface area contributed by atoms with Gasteiger partial charge in [0.05, 0.1) is 19.1 Å². The molecule has 0 aliphatic heterocycles.